The highest BCUT2D eigenvalue weighted by Crippen LogP contribution is 2.16. The molecule has 3 rings (SSSR count). The first kappa shape index (κ1) is 12.4. The number of benzene rings is 1. The van der Waals surface area contributed by atoms with Gasteiger partial charge in [-0.25, -0.2) is 28.1 Å². The Bertz CT molecular complexity index is 823. The van der Waals surface area contributed by atoms with Crippen molar-refractivity contribution in [2.24, 2.45) is 0 Å². The van der Waals surface area contributed by atoms with Crippen LogP contribution in [-0.2, 0) is 10.0 Å². The summed E-state index contributed by atoms with van der Waals surface area (Å²) in [5.41, 5.74) is 6.72. The predicted octanol–water partition coefficient (Wildman–Crippen LogP) is 0.736. The topological polar surface area (TPSA) is 127 Å². The summed E-state index contributed by atoms with van der Waals surface area (Å²) >= 11 is 0. The number of hydrogen-bond donors (Lipinski definition) is 3. The van der Waals surface area contributed by atoms with Gasteiger partial charge in [0.2, 0.25) is 11.9 Å². The number of nitrogens with zero attached hydrogens (tertiary/aromatic N) is 3. The molecule has 0 unspecified atom stereocenters. The van der Waals surface area contributed by atoms with E-state index in [1.807, 2.05) is 12.1 Å². The van der Waals surface area contributed by atoms with Crippen LogP contribution >= 0.6 is 0 Å². The van der Waals surface area contributed by atoms with Gasteiger partial charge in [-0.1, -0.05) is 12.1 Å². The van der Waals surface area contributed by atoms with E-state index in [0.717, 1.165) is 17.9 Å². The molecule has 0 bridgehead atoms. The van der Waals surface area contributed by atoms with Gasteiger partial charge in [-0.3, -0.25) is 0 Å². The van der Waals surface area contributed by atoms with E-state index in [0.29, 0.717) is 5.52 Å². The van der Waals surface area contributed by atoms with E-state index in [1.165, 1.54) is 0 Å². The molecular weight excluding hydrogens is 280 g/mol. The van der Waals surface area contributed by atoms with Crippen LogP contribution in [0.15, 0.2) is 41.6 Å². The van der Waals surface area contributed by atoms with Gasteiger partial charge in [0.1, 0.15) is 4.90 Å². The lowest BCUT2D eigenvalue weighted by Crippen LogP contribution is -2.14. The van der Waals surface area contributed by atoms with Crippen LogP contribution in [0.5, 0.6) is 0 Å². The second-order valence-corrected chi connectivity index (χ2v) is 5.67. The van der Waals surface area contributed by atoms with E-state index in [2.05, 4.69) is 24.7 Å². The maximum Gasteiger partial charge on any atom is 0.267 e. The van der Waals surface area contributed by atoms with E-state index in [-0.39, 0.29) is 16.8 Å². The first-order valence-corrected chi connectivity index (χ1v) is 7.08. The van der Waals surface area contributed by atoms with Gasteiger partial charge in [0.05, 0.1) is 23.4 Å². The average molecular weight is 290 g/mol. The Morgan fingerprint density at radius 3 is 2.55 bits per heavy atom. The number of para-hydroxylation sites is 2. The summed E-state index contributed by atoms with van der Waals surface area (Å²) in [6.07, 6.45) is 2.26. The molecule has 1 aromatic carbocycles. The fourth-order valence-corrected chi connectivity index (χ4v) is 2.50. The van der Waals surface area contributed by atoms with Crippen molar-refractivity contribution in [1.29, 1.82) is 0 Å². The van der Waals surface area contributed by atoms with Crippen molar-refractivity contribution in [3.05, 3.63) is 36.7 Å². The maximum absolute atomic E-state index is 12.1. The number of aromatic amines is 1. The van der Waals surface area contributed by atoms with Crippen LogP contribution < -0.4 is 10.5 Å². The molecule has 0 saturated heterocycles. The number of anilines is 2. The molecule has 0 aliphatic heterocycles. The lowest BCUT2D eigenvalue weighted by atomic mass is 10.3. The van der Waals surface area contributed by atoms with Gasteiger partial charge in [0.15, 0.2) is 0 Å². The van der Waals surface area contributed by atoms with Crippen LogP contribution in [-0.4, -0.2) is 28.4 Å². The molecule has 4 N–H and O–H groups in total. The minimum Gasteiger partial charge on any atom is -0.368 e. The summed E-state index contributed by atoms with van der Waals surface area (Å²) in [5.74, 6) is 0.135. The van der Waals surface area contributed by atoms with Crippen LogP contribution in [0.3, 0.4) is 0 Å². The Balaban J connectivity index is 1.94. The number of nitrogen functional groups attached to an aromatic ring is 1. The molecule has 9 heteroatoms. The molecule has 0 saturated carbocycles. The number of fused-ring (bicyclic) bond motifs is 1. The smallest absolute Gasteiger partial charge is 0.267 e. The van der Waals surface area contributed by atoms with Crippen molar-refractivity contribution in [3.8, 4) is 0 Å². The fourth-order valence-electron chi connectivity index (χ4n) is 1.65. The Kier molecular flexibility index (Phi) is 2.75. The lowest BCUT2D eigenvalue weighted by molar-refractivity contribution is 0.600. The zero-order chi connectivity index (χ0) is 14.2. The SMILES string of the molecule is Nc1ncc(S(=O)(=O)Nc2nc3ccccc3[nH]2)cn1. The molecule has 2 aromatic heterocycles. The molecule has 0 atom stereocenters. The van der Waals surface area contributed by atoms with Crippen molar-refractivity contribution in [2.75, 3.05) is 10.5 Å². The van der Waals surface area contributed by atoms with Gasteiger partial charge in [-0.15, -0.1) is 0 Å². The van der Waals surface area contributed by atoms with Crippen molar-refractivity contribution in [1.82, 2.24) is 19.9 Å². The molecule has 0 aliphatic rings. The third kappa shape index (κ3) is 2.26. The van der Waals surface area contributed by atoms with Crippen molar-refractivity contribution in [3.63, 3.8) is 0 Å². The fraction of sp³-hybridized carbons (Fsp3) is 0. The normalized spacial score (nSPS) is 11.6. The van der Waals surface area contributed by atoms with Crippen molar-refractivity contribution in [2.45, 2.75) is 4.90 Å². The number of nitrogens with one attached hydrogen (secondary N) is 2. The quantitative estimate of drug-likeness (QED) is 0.652. The predicted molar refractivity (Wildman–Crippen MR) is 73.3 cm³/mol. The molecule has 0 amide bonds. The van der Waals surface area contributed by atoms with E-state index in [9.17, 15) is 8.42 Å². The van der Waals surface area contributed by atoms with Crippen molar-refractivity contribution < 1.29 is 8.42 Å². The van der Waals surface area contributed by atoms with Gasteiger partial charge in [-0.2, -0.15) is 0 Å². The number of hydrogen-bond acceptors (Lipinski definition) is 6. The molecule has 0 aliphatic carbocycles. The lowest BCUT2D eigenvalue weighted by Gasteiger charge is -2.04. The summed E-state index contributed by atoms with van der Waals surface area (Å²) in [7, 11) is -3.80. The van der Waals surface area contributed by atoms with Gasteiger partial charge in [-0.05, 0) is 12.1 Å². The highest BCUT2D eigenvalue weighted by Gasteiger charge is 2.17. The van der Waals surface area contributed by atoms with Gasteiger partial charge in [0.25, 0.3) is 10.0 Å². The number of rotatable bonds is 3. The summed E-state index contributed by atoms with van der Waals surface area (Å²) in [4.78, 5) is 14.2. The standard InChI is InChI=1S/C11H10N6O2S/c12-10-13-5-7(6-14-10)20(18,19)17-11-15-8-3-1-2-4-9(8)16-11/h1-6H,(H2,12,13,14)(H2,15,16,17). The van der Waals surface area contributed by atoms with Crippen LogP contribution in [0.1, 0.15) is 0 Å². The van der Waals surface area contributed by atoms with Gasteiger partial charge < -0.3 is 10.7 Å². The number of imidazole rings is 1. The maximum atomic E-state index is 12.1. The minimum absolute atomic E-state index is 0.00712. The summed E-state index contributed by atoms with van der Waals surface area (Å²) < 4.78 is 26.5. The minimum atomic E-state index is -3.80. The average Bonchev–Trinajstić information content (AvgIpc) is 2.80. The third-order valence-electron chi connectivity index (χ3n) is 2.58. The van der Waals surface area contributed by atoms with Crippen LogP contribution in [0.25, 0.3) is 11.0 Å². The number of sulfonamides is 1. The monoisotopic (exact) mass is 290 g/mol. The Morgan fingerprint density at radius 1 is 1.15 bits per heavy atom. The molecule has 2 heterocycles. The molecular formula is C11H10N6O2S. The second kappa shape index (κ2) is 4.46. The van der Waals surface area contributed by atoms with Gasteiger partial charge >= 0.3 is 0 Å². The van der Waals surface area contributed by atoms with Gasteiger partial charge in [0, 0.05) is 0 Å². The Morgan fingerprint density at radius 2 is 1.85 bits per heavy atom. The van der Waals surface area contributed by atoms with Crippen LogP contribution in [0.4, 0.5) is 11.9 Å². The first-order chi connectivity index (χ1) is 9.54. The molecule has 20 heavy (non-hydrogen) atoms. The highest BCUT2D eigenvalue weighted by atomic mass is 32.2. The zero-order valence-electron chi connectivity index (χ0n) is 10.1. The second-order valence-electron chi connectivity index (χ2n) is 3.99. The largest absolute Gasteiger partial charge is 0.368 e. The van der Waals surface area contributed by atoms with E-state index >= 15 is 0 Å². The van der Waals surface area contributed by atoms with Crippen LogP contribution in [0, 0.1) is 0 Å². The number of nitrogens with two attached hydrogens (primary N) is 1. The first-order valence-electron chi connectivity index (χ1n) is 5.60. The molecule has 8 nitrogen and oxygen atoms in total. The number of H-pyrrole nitrogens is 1. The molecule has 0 radical (unpaired) electrons. The third-order valence-corrected chi connectivity index (χ3v) is 3.87. The highest BCUT2D eigenvalue weighted by molar-refractivity contribution is 7.92. The molecule has 3 aromatic rings. The van der Waals surface area contributed by atoms with Crippen LogP contribution in [0.2, 0.25) is 0 Å². The summed E-state index contributed by atoms with van der Waals surface area (Å²) in [6, 6.07) is 7.21. The van der Waals surface area contributed by atoms with Crippen molar-refractivity contribution >= 4 is 33.0 Å². The number of aromatic nitrogens is 4. The van der Waals surface area contributed by atoms with E-state index in [1.54, 1.807) is 12.1 Å². The molecule has 0 fully saturated rings. The molecule has 102 valence electrons. The van der Waals surface area contributed by atoms with E-state index in [4.69, 9.17) is 5.73 Å². The summed E-state index contributed by atoms with van der Waals surface area (Å²) in [5, 5.41) is 0. The Labute approximate surface area is 114 Å². The van der Waals surface area contributed by atoms with E-state index < -0.39 is 10.0 Å². The Hall–Kier alpha value is -2.68. The molecule has 0 spiro atoms. The zero-order valence-corrected chi connectivity index (χ0v) is 10.9. The summed E-state index contributed by atoms with van der Waals surface area (Å²) in [6.45, 7) is 0.